The Morgan fingerprint density at radius 2 is 2.00 bits per heavy atom. The Hall–Kier alpha value is -2.30. The lowest BCUT2D eigenvalue weighted by atomic mass is 10.1. The third kappa shape index (κ3) is 3.60. The lowest BCUT2D eigenvalue weighted by Crippen LogP contribution is -2.23. The second kappa shape index (κ2) is 6.23. The number of anilines is 1. The van der Waals surface area contributed by atoms with E-state index in [9.17, 15) is 4.79 Å². The maximum atomic E-state index is 11.6. The standard InChI is InChI=1S/C15H20N4O/c1-11(14-8-9-16-18-14)17-13-6-4-12(5-7-13)10-15(20)19(2)3/h4-9,11,17H,10H2,1-3H3,(H,16,18). The van der Waals surface area contributed by atoms with Crippen LogP contribution in [0.15, 0.2) is 36.5 Å². The van der Waals surface area contributed by atoms with E-state index in [0.29, 0.717) is 6.42 Å². The summed E-state index contributed by atoms with van der Waals surface area (Å²) in [5, 5.41) is 10.3. The first kappa shape index (κ1) is 14.1. The number of hydrogen-bond acceptors (Lipinski definition) is 3. The van der Waals surface area contributed by atoms with Crippen LogP contribution < -0.4 is 5.32 Å². The number of amides is 1. The lowest BCUT2D eigenvalue weighted by Gasteiger charge is -2.14. The summed E-state index contributed by atoms with van der Waals surface area (Å²) in [6, 6.07) is 10.0. The Morgan fingerprint density at radius 3 is 2.55 bits per heavy atom. The monoisotopic (exact) mass is 272 g/mol. The van der Waals surface area contributed by atoms with Crippen LogP contribution >= 0.6 is 0 Å². The number of nitrogens with one attached hydrogen (secondary N) is 2. The van der Waals surface area contributed by atoms with Crippen molar-refractivity contribution in [2.75, 3.05) is 19.4 Å². The number of benzene rings is 1. The van der Waals surface area contributed by atoms with Crippen LogP contribution in [0.3, 0.4) is 0 Å². The van der Waals surface area contributed by atoms with Gasteiger partial charge in [0, 0.05) is 26.0 Å². The predicted molar refractivity (Wildman–Crippen MR) is 79.5 cm³/mol. The number of aromatic nitrogens is 2. The number of rotatable bonds is 5. The number of likely N-dealkylation sites (N-methyl/N-ethyl adjacent to an activating group) is 1. The van der Waals surface area contributed by atoms with E-state index in [2.05, 4.69) is 22.4 Å². The summed E-state index contributed by atoms with van der Waals surface area (Å²) >= 11 is 0. The van der Waals surface area contributed by atoms with Crippen molar-refractivity contribution in [1.29, 1.82) is 0 Å². The van der Waals surface area contributed by atoms with Gasteiger partial charge < -0.3 is 10.2 Å². The van der Waals surface area contributed by atoms with Crippen molar-refractivity contribution in [1.82, 2.24) is 15.1 Å². The minimum absolute atomic E-state index is 0.108. The predicted octanol–water partition coefficient (Wildman–Crippen LogP) is 2.21. The highest BCUT2D eigenvalue weighted by Gasteiger charge is 2.08. The molecule has 1 unspecified atom stereocenters. The van der Waals surface area contributed by atoms with E-state index in [1.54, 1.807) is 25.2 Å². The minimum atomic E-state index is 0.108. The molecule has 0 bridgehead atoms. The fourth-order valence-corrected chi connectivity index (χ4v) is 1.89. The van der Waals surface area contributed by atoms with Crippen LogP contribution in [0, 0.1) is 0 Å². The molecule has 1 heterocycles. The summed E-state index contributed by atoms with van der Waals surface area (Å²) in [6.45, 7) is 2.07. The van der Waals surface area contributed by atoms with Gasteiger partial charge >= 0.3 is 0 Å². The second-order valence-electron chi connectivity index (χ2n) is 5.04. The van der Waals surface area contributed by atoms with Crippen LogP contribution in [-0.2, 0) is 11.2 Å². The van der Waals surface area contributed by atoms with Crippen LogP contribution in [0.4, 0.5) is 5.69 Å². The van der Waals surface area contributed by atoms with Gasteiger partial charge in [-0.15, -0.1) is 0 Å². The van der Waals surface area contributed by atoms with E-state index in [0.717, 1.165) is 16.9 Å². The summed E-state index contributed by atoms with van der Waals surface area (Å²) in [5.74, 6) is 0.108. The zero-order valence-corrected chi connectivity index (χ0v) is 12.1. The molecular weight excluding hydrogens is 252 g/mol. The normalized spacial score (nSPS) is 11.9. The van der Waals surface area contributed by atoms with E-state index in [4.69, 9.17) is 0 Å². The molecule has 2 rings (SSSR count). The summed E-state index contributed by atoms with van der Waals surface area (Å²) in [7, 11) is 3.54. The molecule has 0 saturated heterocycles. The molecule has 2 N–H and O–H groups in total. The Balaban J connectivity index is 1.96. The first-order valence-electron chi connectivity index (χ1n) is 6.61. The maximum absolute atomic E-state index is 11.6. The van der Waals surface area contributed by atoms with Gasteiger partial charge in [-0.2, -0.15) is 5.10 Å². The average molecular weight is 272 g/mol. The molecule has 0 radical (unpaired) electrons. The highest BCUT2D eigenvalue weighted by atomic mass is 16.2. The molecule has 0 spiro atoms. The maximum Gasteiger partial charge on any atom is 0.226 e. The molecule has 1 aromatic heterocycles. The van der Waals surface area contributed by atoms with Crippen molar-refractivity contribution in [3.05, 3.63) is 47.8 Å². The van der Waals surface area contributed by atoms with Crippen molar-refractivity contribution < 1.29 is 4.79 Å². The molecule has 20 heavy (non-hydrogen) atoms. The van der Waals surface area contributed by atoms with Crippen LogP contribution in [0.1, 0.15) is 24.2 Å². The average Bonchev–Trinajstić information content (AvgIpc) is 2.95. The van der Waals surface area contributed by atoms with Gasteiger partial charge in [0.25, 0.3) is 0 Å². The van der Waals surface area contributed by atoms with Gasteiger partial charge in [-0.05, 0) is 30.7 Å². The number of carbonyl (C=O) groups is 1. The SMILES string of the molecule is CC(Nc1ccc(CC(=O)N(C)C)cc1)c1ccn[nH]1. The number of H-pyrrole nitrogens is 1. The molecule has 5 nitrogen and oxygen atoms in total. The molecule has 1 aromatic carbocycles. The van der Waals surface area contributed by atoms with Crippen LogP contribution in [0.2, 0.25) is 0 Å². The van der Waals surface area contributed by atoms with E-state index in [1.165, 1.54) is 0 Å². The third-order valence-corrected chi connectivity index (χ3v) is 3.18. The van der Waals surface area contributed by atoms with E-state index in [-0.39, 0.29) is 11.9 Å². The van der Waals surface area contributed by atoms with Crippen molar-refractivity contribution in [2.24, 2.45) is 0 Å². The number of hydrogen-bond donors (Lipinski definition) is 2. The van der Waals surface area contributed by atoms with Gasteiger partial charge in [0.1, 0.15) is 0 Å². The van der Waals surface area contributed by atoms with Gasteiger partial charge in [-0.25, -0.2) is 0 Å². The van der Waals surface area contributed by atoms with Crippen LogP contribution in [0.5, 0.6) is 0 Å². The molecule has 1 amide bonds. The fraction of sp³-hybridized carbons (Fsp3) is 0.333. The lowest BCUT2D eigenvalue weighted by molar-refractivity contribution is -0.127. The zero-order chi connectivity index (χ0) is 14.5. The third-order valence-electron chi connectivity index (χ3n) is 3.18. The smallest absolute Gasteiger partial charge is 0.226 e. The molecule has 0 fully saturated rings. The van der Waals surface area contributed by atoms with E-state index < -0.39 is 0 Å². The highest BCUT2D eigenvalue weighted by Crippen LogP contribution is 2.18. The van der Waals surface area contributed by atoms with Crippen molar-refractivity contribution in [3.8, 4) is 0 Å². The molecule has 5 heteroatoms. The van der Waals surface area contributed by atoms with Crippen molar-refractivity contribution in [3.63, 3.8) is 0 Å². The van der Waals surface area contributed by atoms with Gasteiger partial charge in [0.2, 0.25) is 5.91 Å². The summed E-state index contributed by atoms with van der Waals surface area (Å²) < 4.78 is 0. The number of aromatic amines is 1. The summed E-state index contributed by atoms with van der Waals surface area (Å²) in [6.07, 6.45) is 2.17. The van der Waals surface area contributed by atoms with E-state index >= 15 is 0 Å². The highest BCUT2D eigenvalue weighted by molar-refractivity contribution is 5.78. The van der Waals surface area contributed by atoms with Gasteiger partial charge in [0.15, 0.2) is 0 Å². The topological polar surface area (TPSA) is 61.0 Å². The number of carbonyl (C=O) groups excluding carboxylic acids is 1. The van der Waals surface area contributed by atoms with Crippen molar-refractivity contribution in [2.45, 2.75) is 19.4 Å². The minimum Gasteiger partial charge on any atom is -0.377 e. The van der Waals surface area contributed by atoms with Gasteiger partial charge in [0.05, 0.1) is 18.2 Å². The molecule has 0 aliphatic heterocycles. The van der Waals surface area contributed by atoms with Crippen LogP contribution in [0.25, 0.3) is 0 Å². The van der Waals surface area contributed by atoms with Gasteiger partial charge in [-0.3, -0.25) is 9.89 Å². The molecule has 1 atom stereocenters. The Bertz CT molecular complexity index is 546. The Labute approximate surface area is 119 Å². The molecule has 0 aliphatic rings. The van der Waals surface area contributed by atoms with Gasteiger partial charge in [-0.1, -0.05) is 12.1 Å². The molecule has 2 aromatic rings. The van der Waals surface area contributed by atoms with Crippen LogP contribution in [-0.4, -0.2) is 35.1 Å². The fourth-order valence-electron chi connectivity index (χ4n) is 1.89. The first-order chi connectivity index (χ1) is 9.56. The summed E-state index contributed by atoms with van der Waals surface area (Å²) in [5.41, 5.74) is 3.08. The molecule has 0 aliphatic carbocycles. The molecular formula is C15H20N4O. The summed E-state index contributed by atoms with van der Waals surface area (Å²) in [4.78, 5) is 13.2. The Kier molecular flexibility index (Phi) is 4.40. The Morgan fingerprint density at radius 1 is 1.30 bits per heavy atom. The van der Waals surface area contributed by atoms with Crippen molar-refractivity contribution >= 4 is 11.6 Å². The zero-order valence-electron chi connectivity index (χ0n) is 12.1. The largest absolute Gasteiger partial charge is 0.377 e. The van der Waals surface area contributed by atoms with E-state index in [1.807, 2.05) is 30.3 Å². The quantitative estimate of drug-likeness (QED) is 0.877. The molecule has 106 valence electrons. The molecule has 0 saturated carbocycles. The number of nitrogens with zero attached hydrogens (tertiary/aromatic N) is 2. The first-order valence-corrected chi connectivity index (χ1v) is 6.61. The second-order valence-corrected chi connectivity index (χ2v) is 5.04.